The van der Waals surface area contributed by atoms with Gasteiger partial charge in [0, 0.05) is 24.7 Å². The Morgan fingerprint density at radius 1 is 1.33 bits per heavy atom. The first kappa shape index (κ1) is 16.9. The van der Waals surface area contributed by atoms with Crippen molar-refractivity contribution in [1.29, 1.82) is 5.39 Å². The lowest BCUT2D eigenvalue weighted by Gasteiger charge is -2.14. The van der Waals surface area contributed by atoms with Gasteiger partial charge < -0.3 is 17.1 Å². The minimum Gasteiger partial charge on any atom is -1.00 e. The van der Waals surface area contributed by atoms with Gasteiger partial charge in [-0.15, -0.1) is 0 Å². The van der Waals surface area contributed by atoms with Gasteiger partial charge in [0.15, 0.2) is 4.98 Å². The van der Waals surface area contributed by atoms with Crippen molar-refractivity contribution in [2.45, 2.75) is 39.0 Å². The van der Waals surface area contributed by atoms with Gasteiger partial charge >= 0.3 is 5.69 Å². The SMILES string of the molecule is CCCCOCC(CC)c1cccc([N+]#N)c1.[Cl-]. The first-order chi connectivity index (χ1) is 8.31. The molecule has 0 heterocycles. The standard InChI is InChI=1S/C14H21N2O.ClH/c1-3-5-9-17-11-12(4-2)13-7-6-8-14(10-13)16-15;/h6-8,10,12H,3-5,9,11H2,1-2H3;1H/q+1;/p-1. The Morgan fingerprint density at radius 3 is 2.72 bits per heavy atom. The van der Waals surface area contributed by atoms with Gasteiger partial charge in [-0.2, -0.15) is 0 Å². The average molecular weight is 269 g/mol. The number of rotatable bonds is 7. The molecule has 0 N–H and O–H groups in total. The van der Waals surface area contributed by atoms with Gasteiger partial charge in [-0.1, -0.05) is 32.4 Å². The van der Waals surface area contributed by atoms with E-state index in [4.69, 9.17) is 10.1 Å². The fourth-order valence-corrected chi connectivity index (χ4v) is 1.76. The summed E-state index contributed by atoms with van der Waals surface area (Å²) >= 11 is 0. The van der Waals surface area contributed by atoms with Crippen LogP contribution in [0.25, 0.3) is 4.98 Å². The highest BCUT2D eigenvalue weighted by Crippen LogP contribution is 2.24. The van der Waals surface area contributed by atoms with Crippen molar-refractivity contribution >= 4 is 5.69 Å². The van der Waals surface area contributed by atoms with Crippen LogP contribution < -0.4 is 12.4 Å². The van der Waals surface area contributed by atoms with E-state index in [9.17, 15) is 0 Å². The fourth-order valence-electron chi connectivity index (χ4n) is 1.76. The second-order valence-corrected chi connectivity index (χ2v) is 4.23. The molecule has 1 rings (SSSR count). The van der Waals surface area contributed by atoms with E-state index in [1.165, 1.54) is 5.56 Å². The predicted octanol–water partition coefficient (Wildman–Crippen LogP) is 1.49. The molecule has 0 aliphatic carbocycles. The van der Waals surface area contributed by atoms with Crippen LogP contribution >= 0.6 is 0 Å². The third kappa shape index (κ3) is 5.48. The summed E-state index contributed by atoms with van der Waals surface area (Å²) in [6.07, 6.45) is 3.30. The molecule has 0 bridgehead atoms. The molecule has 3 nitrogen and oxygen atoms in total. The molecule has 1 unspecified atom stereocenters. The predicted molar refractivity (Wildman–Crippen MR) is 69.9 cm³/mol. The number of ether oxygens (including phenoxy) is 1. The second kappa shape index (κ2) is 9.87. The van der Waals surface area contributed by atoms with Crippen molar-refractivity contribution in [2.75, 3.05) is 13.2 Å². The molecule has 0 spiro atoms. The Labute approximate surface area is 116 Å². The number of halogens is 1. The van der Waals surface area contributed by atoms with E-state index in [-0.39, 0.29) is 12.4 Å². The molecular formula is C14H21ClN2O. The monoisotopic (exact) mass is 268 g/mol. The third-order valence-corrected chi connectivity index (χ3v) is 2.91. The number of nitrogens with zero attached hydrogens (tertiary/aromatic N) is 2. The van der Waals surface area contributed by atoms with Crippen molar-refractivity contribution in [2.24, 2.45) is 0 Å². The number of benzene rings is 1. The molecule has 0 radical (unpaired) electrons. The van der Waals surface area contributed by atoms with E-state index >= 15 is 0 Å². The van der Waals surface area contributed by atoms with Crippen LogP contribution in [-0.2, 0) is 4.74 Å². The molecule has 0 aliphatic rings. The minimum atomic E-state index is 0. The zero-order valence-electron chi connectivity index (χ0n) is 11.1. The highest BCUT2D eigenvalue weighted by atomic mass is 35.5. The van der Waals surface area contributed by atoms with Crippen LogP contribution in [0.2, 0.25) is 0 Å². The Balaban J connectivity index is 0.00000289. The highest BCUT2D eigenvalue weighted by Gasteiger charge is 2.13. The lowest BCUT2D eigenvalue weighted by Crippen LogP contribution is -3.00. The quantitative estimate of drug-likeness (QED) is 0.555. The third-order valence-electron chi connectivity index (χ3n) is 2.91. The molecule has 0 amide bonds. The lowest BCUT2D eigenvalue weighted by atomic mass is 9.97. The molecule has 4 heteroatoms. The summed E-state index contributed by atoms with van der Waals surface area (Å²) in [6, 6.07) is 7.68. The smallest absolute Gasteiger partial charge is 0.385 e. The number of diazo groups is 1. The summed E-state index contributed by atoms with van der Waals surface area (Å²) < 4.78 is 5.66. The summed E-state index contributed by atoms with van der Waals surface area (Å²) in [7, 11) is 0. The van der Waals surface area contributed by atoms with Crippen LogP contribution in [0.1, 0.15) is 44.6 Å². The van der Waals surface area contributed by atoms with Crippen LogP contribution in [0, 0.1) is 5.39 Å². The summed E-state index contributed by atoms with van der Waals surface area (Å²) in [5.41, 5.74) is 1.79. The second-order valence-electron chi connectivity index (χ2n) is 4.23. The van der Waals surface area contributed by atoms with Crippen molar-refractivity contribution < 1.29 is 17.1 Å². The van der Waals surface area contributed by atoms with Crippen LogP contribution in [0.4, 0.5) is 5.69 Å². The molecule has 0 fully saturated rings. The van der Waals surface area contributed by atoms with Crippen LogP contribution in [0.3, 0.4) is 0 Å². The van der Waals surface area contributed by atoms with Crippen molar-refractivity contribution in [3.05, 3.63) is 34.8 Å². The molecule has 1 aromatic carbocycles. The van der Waals surface area contributed by atoms with E-state index in [1.807, 2.05) is 12.1 Å². The van der Waals surface area contributed by atoms with E-state index < -0.39 is 0 Å². The van der Waals surface area contributed by atoms with E-state index in [0.29, 0.717) is 11.6 Å². The van der Waals surface area contributed by atoms with Gasteiger partial charge in [-0.3, -0.25) is 0 Å². The Kier molecular flexibility index (Phi) is 9.26. The van der Waals surface area contributed by atoms with Crippen LogP contribution in [0.5, 0.6) is 0 Å². The molecule has 0 saturated heterocycles. The maximum Gasteiger partial charge on any atom is 0.385 e. The van der Waals surface area contributed by atoms with Gasteiger partial charge in [-0.25, -0.2) is 0 Å². The zero-order valence-corrected chi connectivity index (χ0v) is 11.9. The average Bonchev–Trinajstić information content (AvgIpc) is 2.39. The topological polar surface area (TPSA) is 37.4 Å². The molecule has 1 aromatic rings. The molecule has 0 aliphatic heterocycles. The Hall–Kier alpha value is -1.11. The van der Waals surface area contributed by atoms with Crippen molar-refractivity contribution in [3.63, 3.8) is 0 Å². The maximum atomic E-state index is 8.76. The van der Waals surface area contributed by atoms with Gasteiger partial charge in [0.25, 0.3) is 0 Å². The number of hydrogen-bond acceptors (Lipinski definition) is 2. The Morgan fingerprint density at radius 2 is 2.11 bits per heavy atom. The molecule has 0 aromatic heterocycles. The minimum absolute atomic E-state index is 0. The van der Waals surface area contributed by atoms with E-state index in [0.717, 1.165) is 32.5 Å². The van der Waals surface area contributed by atoms with Gasteiger partial charge in [-0.05, 0) is 18.4 Å². The summed E-state index contributed by atoms with van der Waals surface area (Å²) in [4.78, 5) is 3.22. The first-order valence-electron chi connectivity index (χ1n) is 6.34. The zero-order chi connectivity index (χ0) is 12.5. The molecule has 100 valence electrons. The normalized spacial score (nSPS) is 11.4. The van der Waals surface area contributed by atoms with E-state index in [1.54, 1.807) is 6.07 Å². The summed E-state index contributed by atoms with van der Waals surface area (Å²) in [5, 5.41) is 8.76. The summed E-state index contributed by atoms with van der Waals surface area (Å²) in [6.45, 7) is 5.88. The largest absolute Gasteiger partial charge is 1.00 e. The van der Waals surface area contributed by atoms with Crippen molar-refractivity contribution in [1.82, 2.24) is 0 Å². The molecule has 0 saturated carbocycles. The number of unbranched alkanes of at least 4 members (excludes halogenated alkanes) is 1. The van der Waals surface area contributed by atoms with Gasteiger partial charge in [0.2, 0.25) is 5.39 Å². The van der Waals surface area contributed by atoms with E-state index in [2.05, 4.69) is 24.9 Å². The van der Waals surface area contributed by atoms with Crippen LogP contribution in [-0.4, -0.2) is 13.2 Å². The first-order valence-corrected chi connectivity index (χ1v) is 6.34. The lowest BCUT2D eigenvalue weighted by molar-refractivity contribution is -0.00000461. The molecule has 1 atom stereocenters. The van der Waals surface area contributed by atoms with Crippen LogP contribution in [0.15, 0.2) is 24.3 Å². The molecule has 18 heavy (non-hydrogen) atoms. The number of hydrogen-bond donors (Lipinski definition) is 0. The maximum absolute atomic E-state index is 8.76. The van der Waals surface area contributed by atoms with Gasteiger partial charge in [0.05, 0.1) is 6.61 Å². The Bertz CT molecular complexity index is 376. The molecular weight excluding hydrogens is 248 g/mol. The van der Waals surface area contributed by atoms with Gasteiger partial charge in [0.1, 0.15) is 0 Å². The fraction of sp³-hybridized carbons (Fsp3) is 0.571. The van der Waals surface area contributed by atoms with Crippen molar-refractivity contribution in [3.8, 4) is 0 Å². The highest BCUT2D eigenvalue weighted by molar-refractivity contribution is 5.46. The summed E-state index contributed by atoms with van der Waals surface area (Å²) in [5.74, 6) is 0.383.